The minimum atomic E-state index is -4.35. The van der Waals surface area contributed by atoms with Gasteiger partial charge in [0.15, 0.2) is 0 Å². The Bertz CT molecular complexity index is 335. The lowest BCUT2D eigenvalue weighted by atomic mass is 10.1. The molecule has 2 heterocycles. The van der Waals surface area contributed by atoms with Crippen LogP contribution in [-0.4, -0.2) is 54.7 Å². The van der Waals surface area contributed by atoms with Gasteiger partial charge in [-0.2, -0.15) is 13.2 Å². The zero-order valence-corrected chi connectivity index (χ0v) is 11.0. The van der Waals surface area contributed by atoms with Gasteiger partial charge in [0.1, 0.15) is 6.54 Å². The summed E-state index contributed by atoms with van der Waals surface area (Å²) >= 11 is 0. The molecule has 110 valence electrons. The molecule has 0 saturated carbocycles. The lowest BCUT2D eigenvalue weighted by Crippen LogP contribution is -2.49. The predicted molar refractivity (Wildman–Crippen MR) is 64.7 cm³/mol. The van der Waals surface area contributed by atoms with Crippen molar-refractivity contribution < 1.29 is 18.0 Å². The van der Waals surface area contributed by atoms with E-state index in [0.29, 0.717) is 12.1 Å². The monoisotopic (exact) mass is 279 g/mol. The molecule has 4 nitrogen and oxygen atoms in total. The second kappa shape index (κ2) is 5.66. The number of likely N-dealkylation sites (tertiary alicyclic amines) is 1. The van der Waals surface area contributed by atoms with Gasteiger partial charge < -0.3 is 10.6 Å². The number of nitrogens with zero attached hydrogens (tertiary/aromatic N) is 1. The summed E-state index contributed by atoms with van der Waals surface area (Å²) < 4.78 is 36.2. The molecule has 2 bridgehead atoms. The molecule has 2 saturated heterocycles. The molecule has 3 unspecified atom stereocenters. The molecule has 19 heavy (non-hydrogen) atoms. The number of hydrogen-bond acceptors (Lipinski definition) is 3. The van der Waals surface area contributed by atoms with Gasteiger partial charge in [-0.15, -0.1) is 0 Å². The van der Waals surface area contributed by atoms with Crippen LogP contribution in [0.25, 0.3) is 0 Å². The quantitative estimate of drug-likeness (QED) is 0.806. The van der Waals surface area contributed by atoms with Gasteiger partial charge in [0.2, 0.25) is 5.91 Å². The van der Waals surface area contributed by atoms with Gasteiger partial charge in [0, 0.05) is 25.2 Å². The minimum absolute atomic E-state index is 0.366. The first kappa shape index (κ1) is 14.6. The van der Waals surface area contributed by atoms with Crippen LogP contribution in [0.5, 0.6) is 0 Å². The van der Waals surface area contributed by atoms with Crippen LogP contribution in [0.15, 0.2) is 0 Å². The molecule has 2 fully saturated rings. The van der Waals surface area contributed by atoms with Crippen LogP contribution >= 0.6 is 0 Å². The predicted octanol–water partition coefficient (Wildman–Crippen LogP) is 0.880. The van der Waals surface area contributed by atoms with E-state index >= 15 is 0 Å². The van der Waals surface area contributed by atoms with Crippen molar-refractivity contribution in [3.8, 4) is 0 Å². The van der Waals surface area contributed by atoms with Crippen molar-refractivity contribution in [2.45, 2.75) is 50.5 Å². The van der Waals surface area contributed by atoms with E-state index in [9.17, 15) is 18.0 Å². The molecule has 0 aromatic rings. The van der Waals surface area contributed by atoms with E-state index in [1.807, 2.05) is 10.2 Å². The summed E-state index contributed by atoms with van der Waals surface area (Å²) in [5.74, 6) is -0.546. The molecule has 1 amide bonds. The topological polar surface area (TPSA) is 44.4 Å². The van der Waals surface area contributed by atoms with E-state index in [-0.39, 0.29) is 0 Å². The molecule has 2 aliphatic heterocycles. The first-order chi connectivity index (χ1) is 8.85. The lowest BCUT2D eigenvalue weighted by Gasteiger charge is -2.29. The molecule has 2 aliphatic rings. The Kier molecular flexibility index (Phi) is 4.35. The summed E-state index contributed by atoms with van der Waals surface area (Å²) in [5.41, 5.74) is 0. The molecule has 2 rings (SSSR count). The third-order valence-corrected chi connectivity index (χ3v) is 3.94. The van der Waals surface area contributed by atoms with Crippen molar-refractivity contribution in [3.63, 3.8) is 0 Å². The normalized spacial score (nSPS) is 29.9. The Morgan fingerprint density at radius 1 is 1.37 bits per heavy atom. The van der Waals surface area contributed by atoms with Crippen LogP contribution < -0.4 is 10.6 Å². The molecule has 2 N–H and O–H groups in total. The van der Waals surface area contributed by atoms with Crippen LogP contribution in [0.3, 0.4) is 0 Å². The van der Waals surface area contributed by atoms with E-state index in [4.69, 9.17) is 0 Å². The van der Waals surface area contributed by atoms with Crippen LogP contribution in [0.1, 0.15) is 26.2 Å². The zero-order valence-electron chi connectivity index (χ0n) is 11.0. The summed E-state index contributed by atoms with van der Waals surface area (Å²) in [6, 6.07) is 0.356. The van der Waals surface area contributed by atoms with Crippen molar-refractivity contribution in [2.75, 3.05) is 19.6 Å². The third-order valence-electron chi connectivity index (χ3n) is 3.94. The highest BCUT2D eigenvalue weighted by atomic mass is 19.4. The smallest absolute Gasteiger partial charge is 0.346 e. The van der Waals surface area contributed by atoms with Crippen LogP contribution in [0, 0.1) is 0 Å². The second-order valence-electron chi connectivity index (χ2n) is 5.43. The molecule has 0 radical (unpaired) electrons. The molecule has 3 atom stereocenters. The zero-order chi connectivity index (χ0) is 14.0. The summed E-state index contributed by atoms with van der Waals surface area (Å²) in [6.07, 6.45) is -1.16. The molecular weight excluding hydrogens is 259 g/mol. The van der Waals surface area contributed by atoms with E-state index in [0.717, 1.165) is 32.4 Å². The Hall–Kier alpha value is -0.820. The summed E-state index contributed by atoms with van der Waals surface area (Å²) in [6.45, 7) is 1.91. The van der Waals surface area contributed by atoms with Crippen LogP contribution in [-0.2, 0) is 4.79 Å². The van der Waals surface area contributed by atoms with Crippen LogP contribution in [0.2, 0.25) is 0 Å². The van der Waals surface area contributed by atoms with Crippen molar-refractivity contribution >= 4 is 5.91 Å². The fraction of sp³-hybridized carbons (Fsp3) is 0.917. The van der Waals surface area contributed by atoms with E-state index in [1.54, 1.807) is 6.92 Å². The minimum Gasteiger partial charge on any atom is -0.346 e. The number of alkyl halides is 3. The first-order valence-corrected chi connectivity index (χ1v) is 6.70. The van der Waals surface area contributed by atoms with E-state index in [2.05, 4.69) is 5.32 Å². The SMILES string of the molecule is CC(C(=O)NCC(F)(F)F)N1CCC2CCC(C1)N2. The van der Waals surface area contributed by atoms with Crippen molar-refractivity contribution in [2.24, 2.45) is 0 Å². The average Bonchev–Trinajstić information content (AvgIpc) is 2.64. The standard InChI is InChI=1S/C12H20F3N3O/c1-8(11(19)16-7-12(13,14)15)18-5-4-9-2-3-10(6-18)17-9/h8-10,17H,2-7H2,1H3,(H,16,19). The first-order valence-electron chi connectivity index (χ1n) is 6.70. The maximum atomic E-state index is 12.1. The number of amides is 1. The van der Waals surface area contributed by atoms with Gasteiger partial charge in [0.05, 0.1) is 6.04 Å². The van der Waals surface area contributed by atoms with Gasteiger partial charge in [-0.05, 0) is 26.2 Å². The Labute approximate surface area is 110 Å². The number of halogens is 3. The molecular formula is C12H20F3N3O. The largest absolute Gasteiger partial charge is 0.405 e. The fourth-order valence-electron chi connectivity index (χ4n) is 2.82. The van der Waals surface area contributed by atoms with Crippen molar-refractivity contribution in [1.29, 1.82) is 0 Å². The number of hydrogen-bond donors (Lipinski definition) is 2. The molecule has 7 heteroatoms. The Morgan fingerprint density at radius 3 is 2.74 bits per heavy atom. The third kappa shape index (κ3) is 4.07. The van der Waals surface area contributed by atoms with Crippen molar-refractivity contribution in [1.82, 2.24) is 15.5 Å². The van der Waals surface area contributed by atoms with Gasteiger partial charge >= 0.3 is 6.18 Å². The van der Waals surface area contributed by atoms with Crippen LogP contribution in [0.4, 0.5) is 13.2 Å². The van der Waals surface area contributed by atoms with E-state index in [1.165, 1.54) is 0 Å². The highest BCUT2D eigenvalue weighted by Crippen LogP contribution is 2.21. The number of nitrogens with one attached hydrogen (secondary N) is 2. The lowest BCUT2D eigenvalue weighted by molar-refractivity contribution is -0.141. The average molecular weight is 279 g/mol. The summed E-state index contributed by atoms with van der Waals surface area (Å²) in [7, 11) is 0. The maximum absolute atomic E-state index is 12.1. The molecule has 0 aromatic heterocycles. The maximum Gasteiger partial charge on any atom is 0.405 e. The summed E-state index contributed by atoms with van der Waals surface area (Å²) in [4.78, 5) is 13.7. The van der Waals surface area contributed by atoms with Gasteiger partial charge in [-0.1, -0.05) is 0 Å². The van der Waals surface area contributed by atoms with Gasteiger partial charge in [-0.3, -0.25) is 9.69 Å². The Morgan fingerprint density at radius 2 is 2.05 bits per heavy atom. The number of rotatable bonds is 3. The summed E-state index contributed by atoms with van der Waals surface area (Å²) in [5, 5.41) is 5.44. The van der Waals surface area contributed by atoms with Gasteiger partial charge in [0.25, 0.3) is 0 Å². The van der Waals surface area contributed by atoms with Gasteiger partial charge in [-0.25, -0.2) is 0 Å². The highest BCUT2D eigenvalue weighted by molar-refractivity contribution is 5.81. The molecule has 0 spiro atoms. The van der Waals surface area contributed by atoms with Crippen molar-refractivity contribution in [3.05, 3.63) is 0 Å². The second-order valence-corrected chi connectivity index (χ2v) is 5.43. The fourth-order valence-corrected chi connectivity index (χ4v) is 2.82. The number of fused-ring (bicyclic) bond motifs is 2. The number of carbonyl (C=O) groups is 1. The van der Waals surface area contributed by atoms with E-state index < -0.39 is 24.7 Å². The highest BCUT2D eigenvalue weighted by Gasteiger charge is 2.34. The number of carbonyl (C=O) groups excluding carboxylic acids is 1. The Balaban J connectivity index is 1.84. The molecule has 0 aromatic carbocycles. The molecule has 0 aliphatic carbocycles.